The number of nitrogens with zero attached hydrogens (tertiary/aromatic N) is 2. The van der Waals surface area contributed by atoms with Crippen LogP contribution in [-0.2, 0) is 0 Å². The smallest absolute Gasteiger partial charge is 0.147 e. The maximum Gasteiger partial charge on any atom is 0.147 e. The molecule has 3 heteroatoms. The Hall–Kier alpha value is -0.0151. The van der Waals surface area contributed by atoms with Crippen LogP contribution < -0.4 is 0 Å². The van der Waals surface area contributed by atoms with Crippen molar-refractivity contribution in [3.8, 4) is 0 Å². The molecule has 3 fully saturated rings. The lowest BCUT2D eigenvalue weighted by atomic mass is 9.36. The Morgan fingerprint density at radius 3 is 2.21 bits per heavy atom. The summed E-state index contributed by atoms with van der Waals surface area (Å²) in [5.41, 5.74) is 0.630. The van der Waals surface area contributed by atoms with Crippen molar-refractivity contribution in [1.29, 1.82) is 0 Å². The molecular formula is C16H33BN2. The average molecular weight is 264 g/mol. The van der Waals surface area contributed by atoms with E-state index < -0.39 is 0 Å². The Kier molecular flexibility index (Phi) is 4.37. The monoisotopic (exact) mass is 264 g/mol. The molecule has 2 bridgehead atoms. The number of likely N-dealkylation sites (N-methyl/N-ethyl adjacent to an activating group) is 2. The van der Waals surface area contributed by atoms with Crippen LogP contribution in [-0.4, -0.2) is 57.8 Å². The van der Waals surface area contributed by atoms with Crippen molar-refractivity contribution in [2.24, 2.45) is 23.2 Å². The van der Waals surface area contributed by atoms with Crippen LogP contribution >= 0.6 is 0 Å². The minimum atomic E-state index is 0.630. The zero-order valence-corrected chi connectivity index (χ0v) is 14.1. The quantitative estimate of drug-likeness (QED) is 0.703. The van der Waals surface area contributed by atoms with E-state index in [-0.39, 0.29) is 0 Å². The lowest BCUT2D eigenvalue weighted by Crippen LogP contribution is -2.56. The van der Waals surface area contributed by atoms with Crippen molar-refractivity contribution in [2.75, 3.05) is 34.7 Å². The highest BCUT2D eigenvalue weighted by atomic mass is 15.2. The predicted octanol–water partition coefficient (Wildman–Crippen LogP) is 2.36. The van der Waals surface area contributed by atoms with Crippen LogP contribution in [0, 0.1) is 23.2 Å². The van der Waals surface area contributed by atoms with Gasteiger partial charge in [0.2, 0.25) is 0 Å². The summed E-state index contributed by atoms with van der Waals surface area (Å²) in [6.07, 6.45) is 2.98. The zero-order valence-electron chi connectivity index (χ0n) is 14.1. The van der Waals surface area contributed by atoms with E-state index in [1.54, 1.807) is 0 Å². The highest BCUT2D eigenvalue weighted by Gasteiger charge is 2.56. The molecule has 3 aliphatic rings. The molecule has 0 N–H and O–H groups in total. The molecule has 0 spiro atoms. The van der Waals surface area contributed by atoms with Gasteiger partial charge in [0.1, 0.15) is 7.28 Å². The van der Waals surface area contributed by atoms with E-state index in [0.717, 1.165) is 23.6 Å². The summed E-state index contributed by atoms with van der Waals surface area (Å²) in [5.74, 6) is 4.57. The normalized spacial score (nSPS) is 38.2. The molecule has 0 aliphatic heterocycles. The van der Waals surface area contributed by atoms with Gasteiger partial charge in [-0.15, -0.1) is 0 Å². The van der Waals surface area contributed by atoms with Gasteiger partial charge in [-0.1, -0.05) is 33.0 Å². The van der Waals surface area contributed by atoms with Crippen molar-refractivity contribution < 1.29 is 0 Å². The molecule has 3 aliphatic carbocycles. The van der Waals surface area contributed by atoms with Crippen LogP contribution in [0.2, 0.25) is 5.82 Å². The van der Waals surface area contributed by atoms with Crippen molar-refractivity contribution in [3.63, 3.8) is 0 Å². The molecule has 0 radical (unpaired) electrons. The lowest BCUT2D eigenvalue weighted by Gasteiger charge is -2.62. The second kappa shape index (κ2) is 5.40. The van der Waals surface area contributed by atoms with Crippen LogP contribution in [0.1, 0.15) is 33.6 Å². The van der Waals surface area contributed by atoms with E-state index in [2.05, 4.69) is 58.8 Å². The molecule has 110 valence electrons. The number of fused-ring (bicyclic) bond motifs is 2. The third-order valence-corrected chi connectivity index (χ3v) is 6.39. The molecule has 2 nitrogen and oxygen atoms in total. The van der Waals surface area contributed by atoms with Gasteiger partial charge >= 0.3 is 0 Å². The van der Waals surface area contributed by atoms with Crippen LogP contribution in [0.25, 0.3) is 0 Å². The Morgan fingerprint density at radius 2 is 1.79 bits per heavy atom. The van der Waals surface area contributed by atoms with Crippen LogP contribution in [0.3, 0.4) is 0 Å². The molecule has 3 rings (SSSR count). The van der Waals surface area contributed by atoms with Gasteiger partial charge in [0.25, 0.3) is 0 Å². The summed E-state index contributed by atoms with van der Waals surface area (Å²) in [6, 6.07) is 0. The Balaban J connectivity index is 1.96. The second-order valence-corrected chi connectivity index (χ2v) is 8.33. The summed E-state index contributed by atoms with van der Waals surface area (Å²) in [4.78, 5) is 4.76. The topological polar surface area (TPSA) is 6.48 Å². The Morgan fingerprint density at radius 1 is 1.16 bits per heavy atom. The first-order valence-electron chi connectivity index (χ1n) is 8.04. The minimum Gasteiger partial charge on any atom is -0.313 e. The number of hydrogen-bond donors (Lipinski definition) is 0. The first kappa shape index (κ1) is 15.4. The van der Waals surface area contributed by atoms with Gasteiger partial charge in [-0.25, -0.2) is 0 Å². The molecule has 0 saturated heterocycles. The van der Waals surface area contributed by atoms with Gasteiger partial charge in [0.05, 0.1) is 0 Å². The summed E-state index contributed by atoms with van der Waals surface area (Å²) < 4.78 is 0. The maximum absolute atomic E-state index is 2.52. The SMILES string of the molecule is CC1C(BC(CN(C)C)N(C)C)CC2CC1C2(C)C. The molecule has 19 heavy (non-hydrogen) atoms. The molecule has 5 unspecified atom stereocenters. The molecule has 0 heterocycles. The highest BCUT2D eigenvalue weighted by Crippen LogP contribution is 2.64. The van der Waals surface area contributed by atoms with Gasteiger partial charge < -0.3 is 9.80 Å². The maximum atomic E-state index is 2.52. The Labute approximate surface area is 121 Å². The van der Waals surface area contributed by atoms with Crippen LogP contribution in [0.5, 0.6) is 0 Å². The Bertz CT molecular complexity index is 314. The fourth-order valence-corrected chi connectivity index (χ4v) is 4.79. The highest BCUT2D eigenvalue weighted by molar-refractivity contribution is 6.40. The van der Waals surface area contributed by atoms with Gasteiger partial charge in [0.15, 0.2) is 0 Å². The van der Waals surface area contributed by atoms with Gasteiger partial charge in [-0.05, 0) is 63.7 Å². The number of rotatable bonds is 5. The molecule has 0 aromatic rings. The van der Waals surface area contributed by atoms with E-state index >= 15 is 0 Å². The molecule has 3 saturated carbocycles. The summed E-state index contributed by atoms with van der Waals surface area (Å²) in [5, 5.41) is 0. The molecular weight excluding hydrogens is 231 g/mol. The summed E-state index contributed by atoms with van der Waals surface area (Å²) in [7, 11) is 10.3. The lowest BCUT2D eigenvalue weighted by molar-refractivity contribution is -0.0989. The standard InChI is InChI=1S/C16H33BN2/c1-11-13-8-12(16(13,2)3)9-14(11)17-15(19(6)7)10-18(4)5/h11-15,17H,8-10H2,1-7H3. The third kappa shape index (κ3) is 2.87. The van der Waals surface area contributed by atoms with E-state index in [1.807, 2.05) is 0 Å². The van der Waals surface area contributed by atoms with Crippen molar-refractivity contribution in [2.45, 2.75) is 45.4 Å². The fraction of sp³-hybridized carbons (Fsp3) is 1.00. The molecule has 0 amide bonds. The first-order valence-corrected chi connectivity index (χ1v) is 8.04. The van der Waals surface area contributed by atoms with Gasteiger partial charge in [-0.3, -0.25) is 0 Å². The van der Waals surface area contributed by atoms with E-state index in [9.17, 15) is 0 Å². The molecule has 0 aromatic carbocycles. The van der Waals surface area contributed by atoms with Gasteiger partial charge in [-0.2, -0.15) is 0 Å². The van der Waals surface area contributed by atoms with Crippen LogP contribution in [0.4, 0.5) is 0 Å². The fourth-order valence-electron chi connectivity index (χ4n) is 4.79. The largest absolute Gasteiger partial charge is 0.313 e. The third-order valence-electron chi connectivity index (χ3n) is 6.39. The first-order chi connectivity index (χ1) is 8.73. The average Bonchev–Trinajstić information content (AvgIpc) is 2.29. The minimum absolute atomic E-state index is 0.630. The van der Waals surface area contributed by atoms with Crippen molar-refractivity contribution >= 4 is 7.28 Å². The van der Waals surface area contributed by atoms with Crippen LogP contribution in [0.15, 0.2) is 0 Å². The molecule has 0 aromatic heterocycles. The summed E-state index contributed by atoms with van der Waals surface area (Å²) >= 11 is 0. The summed E-state index contributed by atoms with van der Waals surface area (Å²) in [6.45, 7) is 8.72. The van der Waals surface area contributed by atoms with E-state index in [0.29, 0.717) is 11.4 Å². The molecule has 5 atom stereocenters. The van der Waals surface area contributed by atoms with Crippen molar-refractivity contribution in [1.82, 2.24) is 9.80 Å². The predicted molar refractivity (Wildman–Crippen MR) is 86.1 cm³/mol. The van der Waals surface area contributed by atoms with E-state index in [1.165, 1.54) is 26.7 Å². The van der Waals surface area contributed by atoms with E-state index in [4.69, 9.17) is 0 Å². The second-order valence-electron chi connectivity index (χ2n) is 8.33. The number of hydrogen-bond acceptors (Lipinski definition) is 2. The zero-order chi connectivity index (χ0) is 14.4. The van der Waals surface area contributed by atoms with Gasteiger partial charge in [0, 0.05) is 6.54 Å². The van der Waals surface area contributed by atoms with Crippen molar-refractivity contribution in [3.05, 3.63) is 0 Å².